The molecule has 264 valence electrons. The van der Waals surface area contributed by atoms with Gasteiger partial charge in [0.25, 0.3) is 0 Å². The van der Waals surface area contributed by atoms with Crippen molar-refractivity contribution in [2.24, 2.45) is 0 Å². The van der Waals surface area contributed by atoms with Crippen molar-refractivity contribution in [3.05, 3.63) is 237 Å². The Hall–Kier alpha value is -3.48. The molecule has 5 heteroatoms. The summed E-state index contributed by atoms with van der Waals surface area (Å²) in [7, 11) is -3.16. The van der Waals surface area contributed by atoms with Gasteiger partial charge in [0, 0.05) is 0 Å². The summed E-state index contributed by atoms with van der Waals surface area (Å²) in [6.45, 7) is 0. The Morgan fingerprint density at radius 2 is 0.358 bits per heavy atom. The van der Waals surface area contributed by atoms with Gasteiger partial charge < -0.3 is 0 Å². The first-order chi connectivity index (χ1) is 26.4. The van der Waals surface area contributed by atoms with Crippen LogP contribution in [0.25, 0.3) is 0 Å². The van der Waals surface area contributed by atoms with Crippen LogP contribution >= 0.6 is 42.8 Å². The minimum absolute atomic E-state index is 0.877. The zero-order valence-electron chi connectivity index (χ0n) is 29.2. The molecule has 8 aromatic rings. The fraction of sp³-hybridized carbons (Fsp3) is 0. The quantitative estimate of drug-likeness (QED) is 0.0773. The summed E-state index contributed by atoms with van der Waals surface area (Å²) in [5, 5.41) is 13.0. The van der Waals surface area contributed by atoms with Crippen LogP contribution in [0.1, 0.15) is 0 Å². The maximum Gasteiger partial charge on any atom is 0.144 e. The van der Waals surface area contributed by atoms with Crippen LogP contribution in [0.4, 0.5) is 0 Å². The first kappa shape index (κ1) is 39.2. The molecule has 0 fully saturated rings. The van der Waals surface area contributed by atoms with Gasteiger partial charge in [-0.3, -0.25) is 0 Å². The van der Waals surface area contributed by atoms with E-state index in [0.29, 0.717) is 0 Å². The number of benzene rings is 8. The van der Waals surface area contributed by atoms with E-state index in [9.17, 15) is 0 Å². The third-order valence-electron chi connectivity index (χ3n) is 8.90. The van der Waals surface area contributed by atoms with Crippen molar-refractivity contribution in [1.82, 2.24) is 0 Å². The Morgan fingerprint density at radius 3 is 0.547 bits per heavy atom. The van der Waals surface area contributed by atoms with E-state index in [1.165, 1.54) is 47.7 Å². The molecule has 8 rings (SSSR count). The Kier molecular flexibility index (Phi) is 15.9. The van der Waals surface area contributed by atoms with Gasteiger partial charge in [0.2, 0.25) is 0 Å². The van der Waals surface area contributed by atoms with E-state index in [1.54, 1.807) is 0 Å². The molecule has 0 aliphatic heterocycles. The van der Waals surface area contributed by atoms with Gasteiger partial charge in [-0.25, -0.2) is 0 Å². The van der Waals surface area contributed by atoms with E-state index in [0.717, 1.165) is 0 Å². The molecular formula is C48H42AgIP3+3. The molecule has 0 unspecified atom stereocenters. The maximum absolute atomic E-state index is 2.92. The van der Waals surface area contributed by atoms with E-state index in [-0.39, 0.29) is 0 Å². The first-order valence-electron chi connectivity index (χ1n) is 17.6. The molecule has 0 saturated carbocycles. The van der Waals surface area contributed by atoms with E-state index >= 15 is 0 Å². The number of rotatable bonds is 9. The van der Waals surface area contributed by atoms with Crippen molar-refractivity contribution in [2.45, 2.75) is 0 Å². The van der Waals surface area contributed by atoms with Crippen LogP contribution in [-0.4, -0.2) is 0 Å². The summed E-state index contributed by atoms with van der Waals surface area (Å²) in [6, 6.07) is 85.9. The second-order valence-corrected chi connectivity index (χ2v) is 19.6. The summed E-state index contributed by atoms with van der Waals surface area (Å²) >= 11 is 4.88. The second-order valence-electron chi connectivity index (χ2n) is 12.2. The van der Waals surface area contributed by atoms with E-state index in [2.05, 4.69) is 254 Å². The van der Waals surface area contributed by atoms with Gasteiger partial charge in [-0.2, -0.15) is 0 Å². The van der Waals surface area contributed by atoms with Crippen LogP contribution in [0.15, 0.2) is 237 Å². The molecule has 0 aromatic heterocycles. The standard InChI is InChI=1S/C30H24P2.C18H15P.Ag.HI/c1-5-15-25(16-6-1)31(26-17-7-2-8-18-26)29-23-13-14-24-30(29)32(27-19-9-3-10-20-27)28-21-11-4-12-22-28;1-4-10-16(11-5-1)19(17-12-6-2-7-13-17)18-14-8-3-9-15-18;;/h1-24H;1-15H;;1H/q;;+1;/p+2. The first-order valence-corrected chi connectivity index (χ1v) is 26.5. The Bertz CT molecular complexity index is 1920. The second kappa shape index (κ2) is 21.4. The predicted molar refractivity (Wildman–Crippen MR) is 247 cm³/mol. The van der Waals surface area contributed by atoms with Crippen LogP contribution in [-0.2, 0) is 17.3 Å². The molecule has 53 heavy (non-hydrogen) atoms. The molecule has 0 spiro atoms. The average Bonchev–Trinajstić information content (AvgIpc) is 3.25. The van der Waals surface area contributed by atoms with Gasteiger partial charge in [0.05, 0.1) is 7.92 Å². The number of hydrogen-bond donors (Lipinski definition) is 0. The van der Waals surface area contributed by atoms with Crippen molar-refractivity contribution in [1.29, 1.82) is 0 Å². The van der Waals surface area contributed by atoms with Crippen LogP contribution in [0.3, 0.4) is 0 Å². The normalized spacial score (nSPS) is 10.6. The van der Waals surface area contributed by atoms with Crippen LogP contribution < -0.4 is 47.7 Å². The molecule has 0 bridgehead atoms. The molecular weight excluding hydrogens is 904 g/mol. The van der Waals surface area contributed by atoms with Crippen LogP contribution in [0.5, 0.6) is 0 Å². The van der Waals surface area contributed by atoms with Crippen LogP contribution in [0.2, 0.25) is 0 Å². The van der Waals surface area contributed by atoms with E-state index in [4.69, 9.17) is 0 Å². The van der Waals surface area contributed by atoms with Gasteiger partial charge in [0.15, 0.2) is 0 Å². The SMILES string of the molecule is [Ag][I].c1ccc([PH+](c2ccccc2)c2ccccc2)cc1.c1ccc([PH+](c2ccccc2)c2ccccc2[PH+](c2ccccc2)c2ccccc2)cc1. The van der Waals surface area contributed by atoms with Crippen molar-refractivity contribution in [3.63, 3.8) is 0 Å². The molecule has 0 amide bonds. The summed E-state index contributed by atoms with van der Waals surface area (Å²) < 4.78 is 0. The van der Waals surface area contributed by atoms with Crippen molar-refractivity contribution in [2.75, 3.05) is 0 Å². The fourth-order valence-corrected chi connectivity index (χ4v) is 15.2. The largest absolute Gasteiger partial charge is 0.144 e. The summed E-state index contributed by atoms with van der Waals surface area (Å²) in [6.07, 6.45) is 0. The molecule has 0 saturated heterocycles. The van der Waals surface area contributed by atoms with Crippen LogP contribution in [0, 0.1) is 0 Å². The third-order valence-corrected chi connectivity index (χ3v) is 17.5. The predicted octanol–water partition coefficient (Wildman–Crippen LogP) is 8.73. The number of halogens is 1. The maximum atomic E-state index is 2.92. The molecule has 0 aliphatic carbocycles. The number of hydrogen-bond acceptors (Lipinski definition) is 0. The zero-order chi connectivity index (χ0) is 36.5. The molecule has 0 heterocycles. The smallest absolute Gasteiger partial charge is 0.0620 e. The minimum atomic E-state index is -1.14. The minimum Gasteiger partial charge on any atom is -0.0620 e. The molecule has 8 aromatic carbocycles. The summed E-state index contributed by atoms with van der Waals surface area (Å²) in [5.74, 6) is 0. The van der Waals surface area contributed by atoms with Crippen molar-refractivity contribution in [3.8, 4) is 0 Å². The zero-order valence-corrected chi connectivity index (χ0v) is 35.8. The Labute approximate surface area is 341 Å². The van der Waals surface area contributed by atoms with Gasteiger partial charge in [-0.15, -0.1) is 0 Å². The van der Waals surface area contributed by atoms with Crippen molar-refractivity contribution < 1.29 is 17.3 Å². The third kappa shape index (κ3) is 10.6. The molecule has 0 nitrogen and oxygen atoms in total. The van der Waals surface area contributed by atoms with E-state index < -0.39 is 23.8 Å². The summed E-state index contributed by atoms with van der Waals surface area (Å²) in [4.78, 5) is 0. The Morgan fingerprint density at radius 1 is 0.208 bits per heavy atom. The molecule has 0 radical (unpaired) electrons. The summed E-state index contributed by atoms with van der Waals surface area (Å²) in [5.41, 5.74) is 0. The molecule has 0 aliphatic rings. The van der Waals surface area contributed by atoms with Crippen molar-refractivity contribution >= 4 is 90.5 Å². The van der Waals surface area contributed by atoms with Gasteiger partial charge >= 0.3 is 36.3 Å². The van der Waals surface area contributed by atoms with Gasteiger partial charge in [-0.05, 0) is 97.1 Å². The van der Waals surface area contributed by atoms with E-state index in [1.807, 2.05) is 19.0 Å². The van der Waals surface area contributed by atoms with Gasteiger partial charge in [-0.1, -0.05) is 140 Å². The molecule has 0 atom stereocenters. The average molecular weight is 947 g/mol. The molecule has 0 N–H and O–H groups in total. The topological polar surface area (TPSA) is 0 Å². The Balaban J connectivity index is 0.000000195. The van der Waals surface area contributed by atoms with Gasteiger partial charge in [0.1, 0.15) is 63.6 Å². The fourth-order valence-electron chi connectivity index (χ4n) is 6.61. The monoisotopic (exact) mass is 945 g/mol.